The van der Waals surface area contributed by atoms with Gasteiger partial charge in [0.1, 0.15) is 6.61 Å². The first-order valence-electron chi connectivity index (χ1n) is 21.1. The summed E-state index contributed by atoms with van der Waals surface area (Å²) in [5, 5.41) is 19.3. The third kappa shape index (κ3) is 38.9. The number of aliphatic hydroxyl groups is 2. The first-order valence-corrected chi connectivity index (χ1v) is 21.1. The molecule has 2 atom stereocenters. The Bertz CT molecular complexity index is 889. The van der Waals surface area contributed by atoms with Crippen molar-refractivity contribution in [2.45, 2.75) is 206 Å². The van der Waals surface area contributed by atoms with E-state index in [4.69, 9.17) is 9.47 Å². The van der Waals surface area contributed by atoms with Gasteiger partial charge in [-0.05, 0) is 50.9 Å². The standard InChI is InChI=1S/C45H80O6/c1-4-5-35-42(47)36-31-27-23-19-15-12-13-16-20-24-28-32-37-44(48)50-40-43(39-46)51-45(49)38-33-29-25-21-17-11-9-7-6-8-10-14-18-22-26-30-34-41(2)3/h12-13,19-20,23-24,31,36,41-43,46-47H,4-11,14-18,21-22,25-30,32-35,37-40H2,1-3H3/b13-12-,23-19-,24-20-,36-31-/t42-,43-/m0/s1. The maximum absolute atomic E-state index is 12.2. The summed E-state index contributed by atoms with van der Waals surface area (Å²) < 4.78 is 10.6. The molecule has 6 nitrogen and oxygen atoms in total. The first kappa shape index (κ1) is 48.8. The predicted molar refractivity (Wildman–Crippen MR) is 216 cm³/mol. The van der Waals surface area contributed by atoms with Crippen LogP contribution in [0.3, 0.4) is 0 Å². The molecule has 0 aromatic heterocycles. The molecule has 296 valence electrons. The molecule has 0 unspecified atom stereocenters. The minimum absolute atomic E-state index is 0.105. The summed E-state index contributed by atoms with van der Waals surface area (Å²) in [7, 11) is 0. The zero-order valence-corrected chi connectivity index (χ0v) is 33.4. The lowest BCUT2D eigenvalue weighted by atomic mass is 10.0. The third-order valence-electron chi connectivity index (χ3n) is 9.12. The van der Waals surface area contributed by atoms with Crippen molar-refractivity contribution >= 4 is 11.9 Å². The van der Waals surface area contributed by atoms with Gasteiger partial charge in [-0.1, -0.05) is 185 Å². The van der Waals surface area contributed by atoms with Gasteiger partial charge in [0, 0.05) is 12.8 Å². The number of carbonyl (C=O) groups excluding carboxylic acids is 2. The molecule has 0 aliphatic rings. The molecule has 0 spiro atoms. The quantitative estimate of drug-likeness (QED) is 0.0378. The van der Waals surface area contributed by atoms with E-state index in [1.54, 1.807) is 0 Å². The number of hydrogen-bond acceptors (Lipinski definition) is 6. The molecule has 0 heterocycles. The largest absolute Gasteiger partial charge is 0.462 e. The van der Waals surface area contributed by atoms with Crippen LogP contribution in [-0.2, 0) is 19.1 Å². The Kier molecular flexibility index (Phi) is 37.4. The number of unbranched alkanes of at least 4 members (excludes halogenated alkanes) is 17. The molecule has 51 heavy (non-hydrogen) atoms. The molecule has 0 rings (SSSR count). The molecular weight excluding hydrogens is 636 g/mol. The Morgan fingerprint density at radius 1 is 0.569 bits per heavy atom. The summed E-state index contributed by atoms with van der Waals surface area (Å²) >= 11 is 0. The molecule has 0 aromatic rings. The third-order valence-corrected chi connectivity index (χ3v) is 9.12. The number of ether oxygens (including phenoxy) is 2. The number of carbonyl (C=O) groups is 2. The van der Waals surface area contributed by atoms with Crippen LogP contribution in [0.2, 0.25) is 0 Å². The highest BCUT2D eigenvalue weighted by molar-refractivity contribution is 5.70. The van der Waals surface area contributed by atoms with Crippen molar-refractivity contribution in [2.75, 3.05) is 13.2 Å². The van der Waals surface area contributed by atoms with Crippen LogP contribution in [0.25, 0.3) is 0 Å². The number of esters is 2. The monoisotopic (exact) mass is 717 g/mol. The fourth-order valence-electron chi connectivity index (χ4n) is 5.87. The van der Waals surface area contributed by atoms with Crippen LogP contribution >= 0.6 is 0 Å². The molecule has 0 aromatic carbocycles. The summed E-state index contributed by atoms with van der Waals surface area (Å²) in [6.45, 7) is 6.30. The summed E-state index contributed by atoms with van der Waals surface area (Å²) in [6.07, 6.45) is 45.2. The maximum atomic E-state index is 12.2. The highest BCUT2D eigenvalue weighted by Crippen LogP contribution is 2.15. The Morgan fingerprint density at radius 2 is 1.04 bits per heavy atom. The van der Waals surface area contributed by atoms with Crippen LogP contribution in [0.4, 0.5) is 0 Å². The number of rotatable bonds is 37. The number of hydrogen-bond donors (Lipinski definition) is 2. The van der Waals surface area contributed by atoms with E-state index in [1.807, 2.05) is 12.2 Å². The average molecular weight is 717 g/mol. The zero-order valence-electron chi connectivity index (χ0n) is 33.4. The molecule has 0 saturated carbocycles. The molecular formula is C45H80O6. The maximum Gasteiger partial charge on any atom is 0.306 e. The van der Waals surface area contributed by atoms with E-state index in [0.717, 1.165) is 70.1 Å². The van der Waals surface area contributed by atoms with Gasteiger partial charge in [0.15, 0.2) is 6.10 Å². The molecule has 0 radical (unpaired) electrons. The minimum Gasteiger partial charge on any atom is -0.462 e. The molecule has 0 bridgehead atoms. The van der Waals surface area contributed by atoms with Gasteiger partial charge in [-0.3, -0.25) is 9.59 Å². The van der Waals surface area contributed by atoms with E-state index in [2.05, 4.69) is 57.2 Å². The molecule has 0 fully saturated rings. The minimum atomic E-state index is -0.803. The second-order valence-electron chi connectivity index (χ2n) is 14.7. The van der Waals surface area contributed by atoms with Crippen LogP contribution < -0.4 is 0 Å². The second kappa shape index (κ2) is 39.0. The lowest BCUT2D eigenvalue weighted by Gasteiger charge is -2.15. The Morgan fingerprint density at radius 3 is 1.55 bits per heavy atom. The average Bonchev–Trinajstić information content (AvgIpc) is 3.11. The highest BCUT2D eigenvalue weighted by atomic mass is 16.6. The molecule has 0 saturated heterocycles. The lowest BCUT2D eigenvalue weighted by Crippen LogP contribution is -2.28. The van der Waals surface area contributed by atoms with Gasteiger partial charge >= 0.3 is 11.9 Å². The van der Waals surface area contributed by atoms with E-state index in [9.17, 15) is 19.8 Å². The highest BCUT2D eigenvalue weighted by Gasteiger charge is 2.16. The fourth-order valence-corrected chi connectivity index (χ4v) is 5.87. The number of aliphatic hydroxyl groups excluding tert-OH is 2. The summed E-state index contributed by atoms with van der Waals surface area (Å²) in [5.41, 5.74) is 0. The van der Waals surface area contributed by atoms with Gasteiger partial charge in [-0.15, -0.1) is 0 Å². The van der Waals surface area contributed by atoms with Crippen molar-refractivity contribution in [1.29, 1.82) is 0 Å². The van der Waals surface area contributed by atoms with Gasteiger partial charge < -0.3 is 19.7 Å². The van der Waals surface area contributed by atoms with Crippen molar-refractivity contribution in [3.05, 3.63) is 48.6 Å². The van der Waals surface area contributed by atoms with Gasteiger partial charge in [-0.2, -0.15) is 0 Å². The van der Waals surface area contributed by atoms with Crippen molar-refractivity contribution in [3.63, 3.8) is 0 Å². The van der Waals surface area contributed by atoms with E-state index in [-0.39, 0.29) is 31.3 Å². The van der Waals surface area contributed by atoms with Gasteiger partial charge in [0.2, 0.25) is 0 Å². The van der Waals surface area contributed by atoms with Gasteiger partial charge in [0.25, 0.3) is 0 Å². The van der Waals surface area contributed by atoms with E-state index < -0.39 is 6.10 Å². The van der Waals surface area contributed by atoms with Gasteiger partial charge in [0.05, 0.1) is 12.7 Å². The predicted octanol–water partition coefficient (Wildman–Crippen LogP) is 12.2. The molecule has 0 aliphatic carbocycles. The van der Waals surface area contributed by atoms with Crippen molar-refractivity contribution in [2.24, 2.45) is 5.92 Å². The van der Waals surface area contributed by atoms with Crippen LogP contribution in [0.5, 0.6) is 0 Å². The summed E-state index contributed by atoms with van der Waals surface area (Å²) in [6, 6.07) is 0. The van der Waals surface area contributed by atoms with Crippen LogP contribution in [0.15, 0.2) is 48.6 Å². The molecule has 2 N–H and O–H groups in total. The van der Waals surface area contributed by atoms with Crippen LogP contribution in [0, 0.1) is 5.92 Å². The Labute approximate surface area is 314 Å². The number of allylic oxidation sites excluding steroid dienone is 7. The fraction of sp³-hybridized carbons (Fsp3) is 0.778. The van der Waals surface area contributed by atoms with Crippen molar-refractivity contribution in [1.82, 2.24) is 0 Å². The Hall–Kier alpha value is -2.18. The smallest absolute Gasteiger partial charge is 0.306 e. The molecule has 0 amide bonds. The second-order valence-corrected chi connectivity index (χ2v) is 14.7. The first-order chi connectivity index (χ1) is 24.9. The Balaban J connectivity index is 3.64. The lowest BCUT2D eigenvalue weighted by molar-refractivity contribution is -0.161. The van der Waals surface area contributed by atoms with Crippen LogP contribution in [0.1, 0.15) is 194 Å². The van der Waals surface area contributed by atoms with E-state index >= 15 is 0 Å². The molecule has 6 heteroatoms. The normalized spacial score (nSPS) is 13.4. The summed E-state index contributed by atoms with van der Waals surface area (Å²) in [5.74, 6) is 0.176. The van der Waals surface area contributed by atoms with E-state index in [1.165, 1.54) is 89.9 Å². The van der Waals surface area contributed by atoms with Crippen molar-refractivity contribution in [3.8, 4) is 0 Å². The van der Waals surface area contributed by atoms with Crippen LogP contribution in [-0.4, -0.2) is 47.6 Å². The van der Waals surface area contributed by atoms with E-state index in [0.29, 0.717) is 19.3 Å². The SMILES string of the molecule is CCCC[C@H](O)/C=C\C/C=C\C/C=C\C/C=C\CCCC(=O)OC[C@H](CO)OC(=O)CCCCCCCCCCCCCCCCCCC(C)C. The zero-order chi connectivity index (χ0) is 37.5. The molecule has 0 aliphatic heterocycles. The van der Waals surface area contributed by atoms with Gasteiger partial charge in [-0.25, -0.2) is 0 Å². The topological polar surface area (TPSA) is 93.1 Å². The summed E-state index contributed by atoms with van der Waals surface area (Å²) in [4.78, 5) is 24.3. The van der Waals surface area contributed by atoms with Crippen molar-refractivity contribution < 1.29 is 29.3 Å².